The summed E-state index contributed by atoms with van der Waals surface area (Å²) in [6.07, 6.45) is 2.97. The van der Waals surface area contributed by atoms with Crippen LogP contribution in [0, 0.1) is 12.7 Å². The third kappa shape index (κ3) is 3.22. The molecule has 2 heterocycles. The summed E-state index contributed by atoms with van der Waals surface area (Å²) in [5, 5.41) is 0. The number of benzene rings is 2. The van der Waals surface area contributed by atoms with E-state index in [-0.39, 0.29) is 29.3 Å². The van der Waals surface area contributed by atoms with E-state index in [1.807, 2.05) is 43.3 Å². The highest BCUT2D eigenvalue weighted by atomic mass is 19.1. The molecule has 4 heteroatoms. The summed E-state index contributed by atoms with van der Waals surface area (Å²) in [4.78, 5) is 17.7. The Morgan fingerprint density at radius 2 is 1.85 bits per heavy atom. The number of hydrogen-bond acceptors (Lipinski definition) is 2. The topological polar surface area (TPSA) is 23.6 Å². The molecule has 0 bridgehead atoms. The second-order valence-electron chi connectivity index (χ2n) is 8.51. The summed E-state index contributed by atoms with van der Waals surface area (Å²) in [6.45, 7) is 7.28. The molecule has 27 heavy (non-hydrogen) atoms. The molecular weight excluding hydrogens is 339 g/mol. The molecule has 2 fully saturated rings. The van der Waals surface area contributed by atoms with Crippen molar-refractivity contribution in [2.24, 2.45) is 0 Å². The molecule has 2 saturated heterocycles. The lowest BCUT2D eigenvalue weighted by Gasteiger charge is -2.42. The maximum absolute atomic E-state index is 13.4. The van der Waals surface area contributed by atoms with Gasteiger partial charge in [0, 0.05) is 23.3 Å². The zero-order chi connectivity index (χ0) is 19.2. The van der Waals surface area contributed by atoms with Gasteiger partial charge in [-0.15, -0.1) is 0 Å². The van der Waals surface area contributed by atoms with Gasteiger partial charge in [-0.3, -0.25) is 4.79 Å². The van der Waals surface area contributed by atoms with Crippen molar-refractivity contribution >= 4 is 11.6 Å². The third-order valence-corrected chi connectivity index (χ3v) is 6.07. The van der Waals surface area contributed by atoms with Crippen LogP contribution in [0.25, 0.3) is 0 Å². The number of likely N-dealkylation sites (tertiary alicyclic amines) is 1. The molecule has 3 nitrogen and oxygen atoms in total. The lowest BCUT2D eigenvalue weighted by Crippen LogP contribution is -2.52. The Kier molecular flexibility index (Phi) is 4.45. The minimum absolute atomic E-state index is 0.0807. The molecule has 0 saturated carbocycles. The van der Waals surface area contributed by atoms with Crippen molar-refractivity contribution in [2.45, 2.75) is 57.7 Å². The Bertz CT molecular complexity index is 846. The molecule has 1 amide bonds. The van der Waals surface area contributed by atoms with Gasteiger partial charge in [0.1, 0.15) is 5.82 Å². The highest BCUT2D eigenvalue weighted by Gasteiger charge is 2.50. The zero-order valence-corrected chi connectivity index (χ0v) is 16.3. The fraction of sp³-hybridized carbons (Fsp3) is 0.435. The van der Waals surface area contributed by atoms with Gasteiger partial charge in [0.05, 0.1) is 12.1 Å². The fourth-order valence-electron chi connectivity index (χ4n) is 4.98. The zero-order valence-electron chi connectivity index (χ0n) is 16.3. The quantitative estimate of drug-likeness (QED) is 0.762. The van der Waals surface area contributed by atoms with E-state index in [0.717, 1.165) is 42.6 Å². The van der Waals surface area contributed by atoms with Crippen molar-refractivity contribution in [1.29, 1.82) is 0 Å². The highest BCUT2D eigenvalue weighted by Crippen LogP contribution is 2.44. The van der Waals surface area contributed by atoms with Crippen molar-refractivity contribution in [2.75, 3.05) is 11.4 Å². The van der Waals surface area contributed by atoms with Crippen molar-refractivity contribution < 1.29 is 9.18 Å². The Labute approximate surface area is 160 Å². The molecule has 0 N–H and O–H groups in total. The van der Waals surface area contributed by atoms with Crippen molar-refractivity contribution in [3.63, 3.8) is 0 Å². The predicted octanol–water partition coefficient (Wildman–Crippen LogP) is 4.80. The summed E-state index contributed by atoms with van der Waals surface area (Å²) >= 11 is 0. The summed E-state index contributed by atoms with van der Waals surface area (Å²) in [5.74, 6) is -0.0858. The van der Waals surface area contributed by atoms with E-state index in [4.69, 9.17) is 0 Å². The lowest BCUT2D eigenvalue weighted by molar-refractivity contribution is 0.0605. The molecule has 0 spiro atoms. The van der Waals surface area contributed by atoms with E-state index in [0.29, 0.717) is 0 Å². The number of halogens is 1. The van der Waals surface area contributed by atoms with Gasteiger partial charge < -0.3 is 9.80 Å². The summed E-state index contributed by atoms with van der Waals surface area (Å²) in [5.41, 5.74) is 2.84. The number of carbonyl (C=O) groups is 1. The maximum atomic E-state index is 13.4. The van der Waals surface area contributed by atoms with Gasteiger partial charge in [0.15, 0.2) is 0 Å². The Balaban J connectivity index is 1.66. The van der Waals surface area contributed by atoms with Gasteiger partial charge in [0.25, 0.3) is 5.91 Å². The number of amides is 1. The van der Waals surface area contributed by atoms with E-state index >= 15 is 0 Å². The number of anilines is 1. The minimum atomic E-state index is -0.216. The van der Waals surface area contributed by atoms with Gasteiger partial charge >= 0.3 is 0 Å². The van der Waals surface area contributed by atoms with E-state index in [1.54, 1.807) is 0 Å². The average molecular weight is 366 g/mol. The van der Waals surface area contributed by atoms with Gasteiger partial charge in [-0.25, -0.2) is 4.39 Å². The highest BCUT2D eigenvalue weighted by molar-refractivity contribution is 5.94. The van der Waals surface area contributed by atoms with Crippen molar-refractivity contribution in [1.82, 2.24) is 4.90 Å². The SMILES string of the molecule is Cc1cccc(C(=O)N2CCC[C@H]3[C@@H]2CC(C)(C)N3c2ccc(F)cc2)c1. The van der Waals surface area contributed by atoms with Crippen LogP contribution in [-0.4, -0.2) is 35.0 Å². The smallest absolute Gasteiger partial charge is 0.254 e. The minimum Gasteiger partial charge on any atom is -0.361 e. The maximum Gasteiger partial charge on any atom is 0.254 e. The number of rotatable bonds is 2. The van der Waals surface area contributed by atoms with Gasteiger partial charge in [0.2, 0.25) is 0 Å². The monoisotopic (exact) mass is 366 g/mol. The molecule has 0 radical (unpaired) electrons. The van der Waals surface area contributed by atoms with Gasteiger partial charge in [-0.1, -0.05) is 17.7 Å². The number of fused-ring (bicyclic) bond motifs is 1. The van der Waals surface area contributed by atoms with Crippen LogP contribution in [0.15, 0.2) is 48.5 Å². The van der Waals surface area contributed by atoms with Gasteiger partial charge in [-0.2, -0.15) is 0 Å². The van der Waals surface area contributed by atoms with Crippen LogP contribution in [-0.2, 0) is 0 Å². The molecule has 2 aromatic carbocycles. The van der Waals surface area contributed by atoms with Crippen LogP contribution in [0.2, 0.25) is 0 Å². The molecule has 142 valence electrons. The predicted molar refractivity (Wildman–Crippen MR) is 107 cm³/mol. The van der Waals surface area contributed by atoms with Crippen LogP contribution < -0.4 is 4.90 Å². The standard InChI is InChI=1S/C23H27FN2O/c1-16-6-4-7-17(14-16)22(27)25-13-5-8-20-21(25)15-23(2,3)26(20)19-11-9-18(24)10-12-19/h4,6-7,9-12,14,20-21H,5,8,13,15H2,1-3H3/t20-,21-/m0/s1. The van der Waals surface area contributed by atoms with Crippen LogP contribution in [0.4, 0.5) is 10.1 Å². The largest absolute Gasteiger partial charge is 0.361 e. The van der Waals surface area contributed by atoms with E-state index in [2.05, 4.69) is 23.6 Å². The van der Waals surface area contributed by atoms with E-state index in [1.165, 1.54) is 12.1 Å². The first-order valence-electron chi connectivity index (χ1n) is 9.79. The summed E-state index contributed by atoms with van der Waals surface area (Å²) in [6, 6.07) is 15.1. The van der Waals surface area contributed by atoms with E-state index < -0.39 is 0 Å². The molecule has 0 aromatic heterocycles. The third-order valence-electron chi connectivity index (χ3n) is 6.07. The molecule has 2 aliphatic rings. The molecule has 4 rings (SSSR count). The second kappa shape index (κ2) is 6.66. The van der Waals surface area contributed by atoms with Crippen LogP contribution in [0.3, 0.4) is 0 Å². The van der Waals surface area contributed by atoms with E-state index in [9.17, 15) is 9.18 Å². The molecular formula is C23H27FN2O. The molecule has 0 unspecified atom stereocenters. The summed E-state index contributed by atoms with van der Waals surface area (Å²) < 4.78 is 13.4. The Morgan fingerprint density at radius 1 is 1.11 bits per heavy atom. The fourth-order valence-corrected chi connectivity index (χ4v) is 4.98. The first-order chi connectivity index (χ1) is 12.9. The molecule has 2 aliphatic heterocycles. The first-order valence-corrected chi connectivity index (χ1v) is 9.79. The second-order valence-corrected chi connectivity index (χ2v) is 8.51. The molecule has 2 atom stereocenters. The number of nitrogens with zero attached hydrogens (tertiary/aromatic N) is 2. The lowest BCUT2D eigenvalue weighted by atomic mass is 9.93. The molecule has 0 aliphatic carbocycles. The van der Waals surface area contributed by atoms with Crippen LogP contribution in [0.5, 0.6) is 0 Å². The Morgan fingerprint density at radius 3 is 2.56 bits per heavy atom. The average Bonchev–Trinajstić information content (AvgIpc) is 2.91. The van der Waals surface area contributed by atoms with Crippen molar-refractivity contribution in [3.05, 3.63) is 65.5 Å². The number of aryl methyl sites for hydroxylation is 1. The number of carbonyl (C=O) groups excluding carboxylic acids is 1. The van der Waals surface area contributed by atoms with Gasteiger partial charge in [-0.05, 0) is 76.4 Å². The van der Waals surface area contributed by atoms with Crippen molar-refractivity contribution in [3.8, 4) is 0 Å². The Hall–Kier alpha value is -2.36. The normalized spacial score (nSPS) is 24.0. The first kappa shape index (κ1) is 18.0. The number of piperidine rings is 1. The summed E-state index contributed by atoms with van der Waals surface area (Å²) in [7, 11) is 0. The number of hydrogen-bond donors (Lipinski definition) is 0. The van der Waals surface area contributed by atoms with Crippen LogP contribution >= 0.6 is 0 Å². The van der Waals surface area contributed by atoms with Crippen LogP contribution in [0.1, 0.15) is 49.0 Å². The molecule has 2 aromatic rings.